The van der Waals surface area contributed by atoms with E-state index < -0.39 is 11.6 Å². The van der Waals surface area contributed by atoms with Crippen LogP contribution in [-0.2, 0) is 11.2 Å². The molecule has 0 aliphatic heterocycles. The molecule has 0 bridgehead atoms. The van der Waals surface area contributed by atoms with E-state index in [0.29, 0.717) is 6.54 Å². The lowest BCUT2D eigenvalue weighted by molar-refractivity contribution is -0.120. The van der Waals surface area contributed by atoms with Gasteiger partial charge in [0.2, 0.25) is 5.91 Å². The maximum absolute atomic E-state index is 13.3. The molecule has 0 radical (unpaired) electrons. The van der Waals surface area contributed by atoms with E-state index in [-0.39, 0.29) is 17.9 Å². The molecule has 0 heterocycles. The summed E-state index contributed by atoms with van der Waals surface area (Å²) in [5.41, 5.74) is -0.179. The van der Waals surface area contributed by atoms with Gasteiger partial charge in [-0.25, -0.2) is 8.78 Å². The van der Waals surface area contributed by atoms with Crippen molar-refractivity contribution in [1.29, 1.82) is 0 Å². The summed E-state index contributed by atoms with van der Waals surface area (Å²) in [4.78, 5) is 11.5. The van der Waals surface area contributed by atoms with E-state index in [1.54, 1.807) is 0 Å². The van der Waals surface area contributed by atoms with Gasteiger partial charge in [-0.15, -0.1) is 0 Å². The normalized spacial score (nSPS) is 10.4. The third-order valence-corrected chi connectivity index (χ3v) is 2.50. The molecule has 1 aromatic rings. The number of nitrogens with one attached hydrogen (secondary N) is 2. The summed E-state index contributed by atoms with van der Waals surface area (Å²) in [5, 5.41) is 5.75. The summed E-state index contributed by atoms with van der Waals surface area (Å²) in [7, 11) is 0. The topological polar surface area (TPSA) is 41.1 Å². The van der Waals surface area contributed by atoms with Crippen molar-refractivity contribution in [2.24, 2.45) is 0 Å². The fourth-order valence-electron chi connectivity index (χ4n) is 1.54. The Hall–Kier alpha value is -1.49. The predicted octanol–water partition coefficient (Wildman–Crippen LogP) is 1.62. The van der Waals surface area contributed by atoms with Crippen molar-refractivity contribution in [2.75, 3.05) is 19.6 Å². The van der Waals surface area contributed by atoms with Gasteiger partial charge in [-0.05, 0) is 31.6 Å². The Bertz CT molecular complexity index is 376. The molecule has 0 saturated heterocycles. The second-order valence-electron chi connectivity index (χ2n) is 3.93. The van der Waals surface area contributed by atoms with Crippen LogP contribution in [0.15, 0.2) is 18.2 Å². The van der Waals surface area contributed by atoms with Gasteiger partial charge in [0.15, 0.2) is 0 Å². The number of hydrogen-bond acceptors (Lipinski definition) is 2. The number of hydrogen-bond donors (Lipinski definition) is 2. The Kier molecular flexibility index (Phi) is 6.28. The highest BCUT2D eigenvalue weighted by Crippen LogP contribution is 2.12. The Labute approximate surface area is 106 Å². The number of halogens is 2. The molecule has 2 N–H and O–H groups in total. The molecule has 0 spiro atoms. The molecule has 3 nitrogen and oxygen atoms in total. The minimum absolute atomic E-state index is 0.179. The van der Waals surface area contributed by atoms with Crippen LogP contribution in [0.4, 0.5) is 8.78 Å². The molecule has 5 heteroatoms. The molecular formula is C13H18F2N2O. The first kappa shape index (κ1) is 14.6. The quantitative estimate of drug-likeness (QED) is 0.728. The first-order chi connectivity index (χ1) is 8.65. The van der Waals surface area contributed by atoms with Crippen molar-refractivity contribution in [3.05, 3.63) is 35.4 Å². The van der Waals surface area contributed by atoms with Crippen molar-refractivity contribution in [3.8, 4) is 0 Å². The maximum Gasteiger partial charge on any atom is 0.224 e. The molecule has 100 valence electrons. The third kappa shape index (κ3) is 4.79. The second kappa shape index (κ2) is 7.76. The SMILES string of the molecule is CCNCCCNC(=O)Cc1c(F)cccc1F. The van der Waals surface area contributed by atoms with Crippen LogP contribution >= 0.6 is 0 Å². The van der Waals surface area contributed by atoms with Gasteiger partial charge >= 0.3 is 0 Å². The molecule has 0 atom stereocenters. The van der Waals surface area contributed by atoms with Gasteiger partial charge < -0.3 is 10.6 Å². The van der Waals surface area contributed by atoms with Crippen LogP contribution < -0.4 is 10.6 Å². The molecule has 0 unspecified atom stereocenters. The van der Waals surface area contributed by atoms with Crippen LogP contribution in [0.5, 0.6) is 0 Å². The van der Waals surface area contributed by atoms with Gasteiger partial charge in [0.25, 0.3) is 0 Å². The Balaban J connectivity index is 2.36. The monoisotopic (exact) mass is 256 g/mol. The molecule has 0 aliphatic carbocycles. The summed E-state index contributed by atoms with van der Waals surface area (Å²) in [6, 6.07) is 3.58. The van der Waals surface area contributed by atoms with E-state index in [1.165, 1.54) is 6.07 Å². The van der Waals surface area contributed by atoms with Crippen molar-refractivity contribution in [3.63, 3.8) is 0 Å². The number of benzene rings is 1. The first-order valence-corrected chi connectivity index (χ1v) is 6.05. The fraction of sp³-hybridized carbons (Fsp3) is 0.462. The summed E-state index contributed by atoms with van der Waals surface area (Å²) in [6.07, 6.45) is 0.527. The molecule has 1 rings (SSSR count). The zero-order valence-electron chi connectivity index (χ0n) is 10.4. The molecule has 0 fully saturated rings. The van der Waals surface area contributed by atoms with Gasteiger partial charge in [0, 0.05) is 12.1 Å². The number of rotatable bonds is 7. The Morgan fingerprint density at radius 3 is 2.50 bits per heavy atom. The van der Waals surface area contributed by atoms with E-state index in [2.05, 4.69) is 10.6 Å². The Morgan fingerprint density at radius 1 is 1.22 bits per heavy atom. The molecule has 0 saturated carbocycles. The third-order valence-electron chi connectivity index (χ3n) is 2.50. The van der Waals surface area contributed by atoms with E-state index >= 15 is 0 Å². The average Bonchev–Trinajstić information content (AvgIpc) is 2.34. The number of amides is 1. The summed E-state index contributed by atoms with van der Waals surface area (Å²) in [5.74, 6) is -1.73. The van der Waals surface area contributed by atoms with Gasteiger partial charge in [-0.2, -0.15) is 0 Å². The first-order valence-electron chi connectivity index (χ1n) is 6.05. The minimum atomic E-state index is -0.683. The van der Waals surface area contributed by atoms with Gasteiger partial charge in [0.1, 0.15) is 11.6 Å². The minimum Gasteiger partial charge on any atom is -0.356 e. The summed E-state index contributed by atoms with van der Waals surface area (Å²) >= 11 is 0. The lowest BCUT2D eigenvalue weighted by Crippen LogP contribution is -2.29. The van der Waals surface area contributed by atoms with Crippen molar-refractivity contribution in [1.82, 2.24) is 10.6 Å². The molecular weight excluding hydrogens is 238 g/mol. The van der Waals surface area contributed by atoms with Crippen molar-refractivity contribution in [2.45, 2.75) is 19.8 Å². The molecule has 18 heavy (non-hydrogen) atoms. The van der Waals surface area contributed by atoms with Crippen LogP contribution in [0.3, 0.4) is 0 Å². The van der Waals surface area contributed by atoms with Crippen LogP contribution in [0.2, 0.25) is 0 Å². The zero-order chi connectivity index (χ0) is 13.4. The van der Waals surface area contributed by atoms with Crippen LogP contribution in [0.1, 0.15) is 18.9 Å². The van der Waals surface area contributed by atoms with E-state index in [4.69, 9.17) is 0 Å². The summed E-state index contributed by atoms with van der Waals surface area (Å²) < 4.78 is 26.5. The standard InChI is InChI=1S/C13H18F2N2O/c1-2-16-7-4-8-17-13(18)9-10-11(14)5-3-6-12(10)15/h3,5-6,16H,2,4,7-9H2,1H3,(H,17,18). The van der Waals surface area contributed by atoms with Gasteiger partial charge in [-0.1, -0.05) is 13.0 Å². The van der Waals surface area contributed by atoms with Crippen LogP contribution in [0, 0.1) is 11.6 Å². The predicted molar refractivity (Wildman–Crippen MR) is 66.2 cm³/mol. The highest BCUT2D eigenvalue weighted by Gasteiger charge is 2.12. The van der Waals surface area contributed by atoms with Crippen LogP contribution in [0.25, 0.3) is 0 Å². The molecule has 1 aromatic carbocycles. The lowest BCUT2D eigenvalue weighted by atomic mass is 10.1. The van der Waals surface area contributed by atoms with Crippen molar-refractivity contribution >= 4 is 5.91 Å². The Morgan fingerprint density at radius 2 is 1.89 bits per heavy atom. The van der Waals surface area contributed by atoms with Crippen molar-refractivity contribution < 1.29 is 13.6 Å². The highest BCUT2D eigenvalue weighted by molar-refractivity contribution is 5.78. The molecule has 0 aromatic heterocycles. The molecule has 0 aliphatic rings. The lowest BCUT2D eigenvalue weighted by Gasteiger charge is -2.07. The van der Waals surface area contributed by atoms with Crippen LogP contribution in [-0.4, -0.2) is 25.5 Å². The number of carbonyl (C=O) groups is 1. The average molecular weight is 256 g/mol. The van der Waals surface area contributed by atoms with E-state index in [0.717, 1.165) is 31.6 Å². The molecule has 1 amide bonds. The summed E-state index contributed by atoms with van der Waals surface area (Å²) in [6.45, 7) is 4.20. The van der Waals surface area contributed by atoms with Gasteiger partial charge in [-0.3, -0.25) is 4.79 Å². The van der Waals surface area contributed by atoms with E-state index in [9.17, 15) is 13.6 Å². The zero-order valence-corrected chi connectivity index (χ0v) is 10.4. The fourth-order valence-corrected chi connectivity index (χ4v) is 1.54. The largest absolute Gasteiger partial charge is 0.356 e. The van der Waals surface area contributed by atoms with Gasteiger partial charge in [0.05, 0.1) is 6.42 Å². The van der Waals surface area contributed by atoms with E-state index in [1.807, 2.05) is 6.92 Å². The maximum atomic E-state index is 13.3. The smallest absolute Gasteiger partial charge is 0.224 e. The number of carbonyl (C=O) groups excluding carboxylic acids is 1. The second-order valence-corrected chi connectivity index (χ2v) is 3.93. The highest BCUT2D eigenvalue weighted by atomic mass is 19.1.